The van der Waals surface area contributed by atoms with Crippen LogP contribution in [0, 0.1) is 35.5 Å². The van der Waals surface area contributed by atoms with Crippen LogP contribution in [0.1, 0.15) is 16.8 Å². The van der Waals surface area contributed by atoms with Crippen LogP contribution in [0.5, 0.6) is 5.75 Å². The molecule has 1 saturated heterocycles. The summed E-state index contributed by atoms with van der Waals surface area (Å²) in [5.41, 5.74) is 0.622. The molecule has 156 valence electrons. The molecule has 31 heavy (non-hydrogen) atoms. The number of carbonyl (C=O) groups excluding carboxylic acids is 3. The Bertz CT molecular complexity index is 1160. The lowest BCUT2D eigenvalue weighted by Gasteiger charge is -2.37. The Balaban J connectivity index is 1.28. The van der Waals surface area contributed by atoms with E-state index in [2.05, 4.69) is 12.2 Å². The van der Waals surface area contributed by atoms with Gasteiger partial charge in [0.05, 0.1) is 28.1 Å². The first-order valence-corrected chi connectivity index (χ1v) is 11.0. The van der Waals surface area contributed by atoms with Gasteiger partial charge in [0.25, 0.3) is 0 Å². The molecule has 5 nitrogen and oxygen atoms in total. The minimum Gasteiger partial charge on any atom is -0.421 e. The lowest BCUT2D eigenvalue weighted by Crippen LogP contribution is -2.40. The third-order valence-electron chi connectivity index (χ3n) is 7.10. The Kier molecular flexibility index (Phi) is 4.11. The molecule has 0 unspecified atom stereocenters. The number of imide groups is 1. The average molecular weight is 454 g/mol. The number of hydrogen-bond donors (Lipinski definition) is 0. The molecule has 7 heteroatoms. The summed E-state index contributed by atoms with van der Waals surface area (Å²) in [6.45, 7) is 0. The molecule has 0 aromatic heterocycles. The van der Waals surface area contributed by atoms with E-state index in [9.17, 15) is 14.4 Å². The molecule has 7 rings (SSSR count). The molecule has 2 amide bonds. The van der Waals surface area contributed by atoms with Crippen LogP contribution in [0.2, 0.25) is 10.0 Å². The molecule has 0 N–H and O–H groups in total. The van der Waals surface area contributed by atoms with E-state index in [1.807, 2.05) is 0 Å². The first kappa shape index (κ1) is 19.1. The highest BCUT2D eigenvalue weighted by Crippen LogP contribution is 2.65. The third kappa shape index (κ3) is 2.80. The lowest BCUT2D eigenvalue weighted by molar-refractivity contribution is -0.124. The molecule has 4 aliphatic carbocycles. The molecule has 2 saturated carbocycles. The number of anilines is 1. The summed E-state index contributed by atoms with van der Waals surface area (Å²) in [6.07, 6.45) is 5.39. The number of rotatable bonds is 3. The summed E-state index contributed by atoms with van der Waals surface area (Å²) in [7, 11) is 0. The number of esters is 1. The van der Waals surface area contributed by atoms with Gasteiger partial charge >= 0.3 is 5.97 Å². The fourth-order valence-corrected chi connectivity index (χ4v) is 6.15. The van der Waals surface area contributed by atoms with Crippen molar-refractivity contribution < 1.29 is 19.1 Å². The Morgan fingerprint density at radius 1 is 0.935 bits per heavy atom. The quantitative estimate of drug-likeness (QED) is 0.290. The van der Waals surface area contributed by atoms with E-state index in [1.165, 1.54) is 23.1 Å². The monoisotopic (exact) mass is 453 g/mol. The smallest absolute Gasteiger partial charge is 0.343 e. The molecule has 6 atom stereocenters. The van der Waals surface area contributed by atoms with E-state index < -0.39 is 5.97 Å². The predicted molar refractivity (Wildman–Crippen MR) is 115 cm³/mol. The van der Waals surface area contributed by atoms with E-state index in [-0.39, 0.29) is 51.8 Å². The van der Waals surface area contributed by atoms with Crippen molar-refractivity contribution in [1.82, 2.24) is 0 Å². The maximum atomic E-state index is 13.3. The lowest BCUT2D eigenvalue weighted by atomic mass is 9.63. The van der Waals surface area contributed by atoms with Crippen LogP contribution in [0.25, 0.3) is 0 Å². The second-order valence-electron chi connectivity index (χ2n) is 8.68. The van der Waals surface area contributed by atoms with E-state index in [0.29, 0.717) is 22.5 Å². The minimum absolute atomic E-state index is 0.154. The number of nitrogens with zero attached hydrogens (tertiary/aromatic N) is 1. The number of amides is 2. The van der Waals surface area contributed by atoms with Gasteiger partial charge in [-0.1, -0.05) is 41.4 Å². The number of ether oxygens (including phenoxy) is 1. The van der Waals surface area contributed by atoms with Crippen molar-refractivity contribution in [3.05, 3.63) is 70.2 Å². The molecule has 5 aliphatic rings. The normalized spacial score (nSPS) is 32.1. The van der Waals surface area contributed by atoms with Crippen molar-refractivity contribution in [1.29, 1.82) is 0 Å². The van der Waals surface area contributed by atoms with Crippen LogP contribution in [0.3, 0.4) is 0 Å². The van der Waals surface area contributed by atoms with Crippen molar-refractivity contribution in [2.75, 3.05) is 4.90 Å². The van der Waals surface area contributed by atoms with Gasteiger partial charge in [-0.15, -0.1) is 0 Å². The summed E-state index contributed by atoms with van der Waals surface area (Å²) in [6, 6.07) is 11.0. The fraction of sp³-hybridized carbons (Fsp3) is 0.292. The molecular formula is C24H17Cl2NO4. The second-order valence-corrected chi connectivity index (χ2v) is 9.52. The van der Waals surface area contributed by atoms with Gasteiger partial charge in [0, 0.05) is 5.02 Å². The summed E-state index contributed by atoms with van der Waals surface area (Å²) in [4.78, 5) is 40.5. The Morgan fingerprint density at radius 2 is 1.61 bits per heavy atom. The Hall–Kier alpha value is -2.63. The van der Waals surface area contributed by atoms with E-state index in [1.54, 1.807) is 24.3 Å². The van der Waals surface area contributed by atoms with Gasteiger partial charge in [0.15, 0.2) is 0 Å². The number of carbonyl (C=O) groups is 3. The maximum Gasteiger partial charge on any atom is 0.343 e. The van der Waals surface area contributed by atoms with Crippen molar-refractivity contribution >= 4 is 46.7 Å². The van der Waals surface area contributed by atoms with Crippen LogP contribution in [-0.2, 0) is 9.59 Å². The van der Waals surface area contributed by atoms with Gasteiger partial charge in [-0.3, -0.25) is 9.59 Å². The van der Waals surface area contributed by atoms with E-state index >= 15 is 0 Å². The predicted octanol–water partition coefficient (Wildman–Crippen LogP) is 4.77. The zero-order valence-electron chi connectivity index (χ0n) is 16.2. The van der Waals surface area contributed by atoms with Gasteiger partial charge in [0.1, 0.15) is 5.75 Å². The molecule has 1 heterocycles. The SMILES string of the molecule is O=C(Oc1ccc(Cl)cc1Cl)c1cccc(N2C(=O)[C@@H]3[C@@H]4C=C[C@H]([C@H]5C[C@H]45)[C@@H]3C2=O)c1. The average Bonchev–Trinajstić information content (AvgIpc) is 3.53. The van der Waals surface area contributed by atoms with Crippen LogP contribution >= 0.6 is 23.2 Å². The van der Waals surface area contributed by atoms with E-state index in [4.69, 9.17) is 27.9 Å². The Labute approximate surface area is 188 Å². The van der Waals surface area contributed by atoms with Crippen molar-refractivity contribution in [2.24, 2.45) is 35.5 Å². The molecule has 2 bridgehead atoms. The van der Waals surface area contributed by atoms with Gasteiger partial charge < -0.3 is 4.74 Å². The summed E-state index contributed by atoms with van der Waals surface area (Å²) >= 11 is 12.0. The second kappa shape index (κ2) is 6.68. The van der Waals surface area contributed by atoms with Crippen LogP contribution in [0.15, 0.2) is 54.6 Å². The molecule has 0 radical (unpaired) electrons. The number of allylic oxidation sites excluding steroid dienone is 2. The molecule has 2 aromatic carbocycles. The highest BCUT2D eigenvalue weighted by molar-refractivity contribution is 6.35. The molecule has 0 spiro atoms. The number of hydrogen-bond acceptors (Lipinski definition) is 4. The third-order valence-corrected chi connectivity index (χ3v) is 7.63. The molecule has 3 fully saturated rings. The molecule has 1 aliphatic heterocycles. The Morgan fingerprint density at radius 3 is 2.26 bits per heavy atom. The number of benzene rings is 2. The van der Waals surface area contributed by atoms with Gasteiger partial charge in [0.2, 0.25) is 11.8 Å². The van der Waals surface area contributed by atoms with Gasteiger partial charge in [-0.2, -0.15) is 0 Å². The van der Waals surface area contributed by atoms with Crippen molar-refractivity contribution in [2.45, 2.75) is 6.42 Å². The standard InChI is InChI=1S/C24H17Cl2NO4/c25-12-4-7-19(18(26)9-12)31-24(30)11-2-1-3-13(8-11)27-22(28)20-14-5-6-15(17-10-16(14)17)21(20)23(27)29/h1-9,14-17,20-21H,10H2/t14-,15-,16-,17-,20-,21+/m1/s1. The van der Waals surface area contributed by atoms with Crippen molar-refractivity contribution in [3.63, 3.8) is 0 Å². The van der Waals surface area contributed by atoms with Crippen molar-refractivity contribution in [3.8, 4) is 5.75 Å². The zero-order chi connectivity index (χ0) is 21.4. The van der Waals surface area contributed by atoms with E-state index in [0.717, 1.165) is 6.42 Å². The first-order valence-electron chi connectivity index (χ1n) is 10.3. The summed E-state index contributed by atoms with van der Waals surface area (Å²) < 4.78 is 5.39. The summed E-state index contributed by atoms with van der Waals surface area (Å²) in [5.74, 6) is 0.0507. The van der Waals surface area contributed by atoms with Crippen LogP contribution in [-0.4, -0.2) is 17.8 Å². The first-order chi connectivity index (χ1) is 14.9. The fourth-order valence-electron chi connectivity index (χ4n) is 5.70. The van der Waals surface area contributed by atoms with Gasteiger partial charge in [-0.05, 0) is 66.5 Å². The number of halogens is 2. The topological polar surface area (TPSA) is 63.7 Å². The minimum atomic E-state index is -0.634. The van der Waals surface area contributed by atoms with Crippen LogP contribution in [0.4, 0.5) is 5.69 Å². The highest BCUT2D eigenvalue weighted by Gasteiger charge is 2.67. The zero-order valence-corrected chi connectivity index (χ0v) is 17.7. The largest absolute Gasteiger partial charge is 0.421 e. The van der Waals surface area contributed by atoms with Crippen LogP contribution < -0.4 is 9.64 Å². The highest BCUT2D eigenvalue weighted by atomic mass is 35.5. The van der Waals surface area contributed by atoms with Gasteiger partial charge in [-0.25, -0.2) is 9.69 Å². The molecule has 2 aromatic rings. The molecular weight excluding hydrogens is 437 g/mol. The maximum absolute atomic E-state index is 13.3. The summed E-state index contributed by atoms with van der Waals surface area (Å²) in [5, 5.41) is 0.646.